The molecule has 2 fully saturated rings. The average molecular weight is 304 g/mol. The highest BCUT2D eigenvalue weighted by atomic mass is 16.3. The summed E-state index contributed by atoms with van der Waals surface area (Å²) in [5, 5.41) is 10.6. The Labute approximate surface area is 131 Å². The summed E-state index contributed by atoms with van der Waals surface area (Å²) in [5.74, 6) is -1.67. The number of hydrogen-bond acceptors (Lipinski definition) is 4. The van der Waals surface area contributed by atoms with Gasteiger partial charge in [-0.2, -0.15) is 0 Å². The molecule has 1 N–H and O–H groups in total. The third-order valence-corrected chi connectivity index (χ3v) is 6.38. The van der Waals surface area contributed by atoms with E-state index in [0.717, 1.165) is 6.42 Å². The molecule has 0 aromatic heterocycles. The van der Waals surface area contributed by atoms with Crippen LogP contribution in [-0.2, 0) is 14.4 Å². The van der Waals surface area contributed by atoms with Crippen molar-refractivity contribution in [2.24, 2.45) is 28.1 Å². The predicted octanol–water partition coefficient (Wildman–Crippen LogP) is 3.01. The first-order valence-corrected chi connectivity index (χ1v) is 8.08. The Hall–Kier alpha value is -1.45. The molecule has 2 saturated carbocycles. The Morgan fingerprint density at radius 1 is 1.18 bits per heavy atom. The summed E-state index contributed by atoms with van der Waals surface area (Å²) in [6, 6.07) is 0. The molecule has 0 aromatic carbocycles. The standard InChI is InChI=1S/C18H24O4/c1-9(2)12(19)11-13(20)17(5)8-10-16(3,4)6-7-18(10,14(11)21)15(17)22/h9-10,20H,6-8H2,1-5H3/t10-,17-,18?/m0/s1. The van der Waals surface area contributed by atoms with Crippen LogP contribution in [-0.4, -0.2) is 22.5 Å². The molecule has 0 heterocycles. The minimum absolute atomic E-state index is 0.0930. The van der Waals surface area contributed by atoms with E-state index < -0.39 is 16.6 Å². The monoisotopic (exact) mass is 304 g/mol. The highest BCUT2D eigenvalue weighted by Gasteiger charge is 2.74. The maximum absolute atomic E-state index is 13.1. The number of carbonyl (C=O) groups excluding carboxylic acids is 3. The second-order valence-corrected chi connectivity index (χ2v) is 8.45. The Morgan fingerprint density at radius 2 is 1.77 bits per heavy atom. The largest absolute Gasteiger partial charge is 0.510 e. The maximum atomic E-state index is 13.1. The van der Waals surface area contributed by atoms with Gasteiger partial charge in [-0.15, -0.1) is 0 Å². The van der Waals surface area contributed by atoms with Crippen LogP contribution in [0.25, 0.3) is 0 Å². The van der Waals surface area contributed by atoms with Crippen molar-refractivity contribution in [3.63, 3.8) is 0 Å². The van der Waals surface area contributed by atoms with Crippen molar-refractivity contribution in [2.45, 2.75) is 53.9 Å². The second-order valence-electron chi connectivity index (χ2n) is 8.45. The van der Waals surface area contributed by atoms with Gasteiger partial charge in [0.25, 0.3) is 0 Å². The van der Waals surface area contributed by atoms with Crippen LogP contribution in [0.2, 0.25) is 0 Å². The zero-order chi connectivity index (χ0) is 16.7. The number of aliphatic hydroxyl groups is 1. The Morgan fingerprint density at radius 3 is 2.32 bits per heavy atom. The molecule has 3 atom stereocenters. The van der Waals surface area contributed by atoms with Crippen molar-refractivity contribution in [2.75, 3.05) is 0 Å². The number of carbonyl (C=O) groups is 3. The summed E-state index contributed by atoms with van der Waals surface area (Å²) >= 11 is 0. The second kappa shape index (κ2) is 4.09. The van der Waals surface area contributed by atoms with Crippen LogP contribution in [0.1, 0.15) is 53.9 Å². The van der Waals surface area contributed by atoms with Gasteiger partial charge in [-0.1, -0.05) is 27.7 Å². The lowest BCUT2D eigenvalue weighted by Gasteiger charge is -2.35. The molecule has 0 radical (unpaired) electrons. The molecule has 4 nitrogen and oxygen atoms in total. The Kier molecular flexibility index (Phi) is 2.87. The van der Waals surface area contributed by atoms with Crippen LogP contribution in [0.4, 0.5) is 0 Å². The fourth-order valence-electron chi connectivity index (χ4n) is 4.95. The van der Waals surface area contributed by atoms with Crippen LogP contribution in [0.3, 0.4) is 0 Å². The average Bonchev–Trinajstić information content (AvgIpc) is 2.80. The first-order chi connectivity index (χ1) is 10.00. The predicted molar refractivity (Wildman–Crippen MR) is 81.2 cm³/mol. The topological polar surface area (TPSA) is 71.4 Å². The molecule has 3 rings (SSSR count). The molecule has 120 valence electrons. The van der Waals surface area contributed by atoms with E-state index in [-0.39, 0.29) is 40.1 Å². The van der Waals surface area contributed by atoms with Crippen LogP contribution in [0.15, 0.2) is 11.3 Å². The Balaban J connectivity index is 2.25. The lowest BCUT2D eigenvalue weighted by atomic mass is 9.64. The minimum Gasteiger partial charge on any atom is -0.510 e. The number of aliphatic hydroxyl groups excluding tert-OH is 1. The summed E-state index contributed by atoms with van der Waals surface area (Å²) in [5.41, 5.74) is -2.38. The lowest BCUT2D eigenvalue weighted by Crippen LogP contribution is -2.49. The van der Waals surface area contributed by atoms with E-state index in [1.54, 1.807) is 20.8 Å². The van der Waals surface area contributed by atoms with Crippen molar-refractivity contribution < 1.29 is 19.5 Å². The number of Topliss-reactive ketones (excluding diaryl/α,β-unsaturated/α-hetero) is 3. The van der Waals surface area contributed by atoms with Gasteiger partial charge in [-0.05, 0) is 37.5 Å². The van der Waals surface area contributed by atoms with Gasteiger partial charge in [0.15, 0.2) is 17.3 Å². The zero-order valence-corrected chi connectivity index (χ0v) is 13.9. The molecule has 1 spiro atoms. The highest BCUT2D eigenvalue weighted by Crippen LogP contribution is 2.69. The van der Waals surface area contributed by atoms with Gasteiger partial charge in [0.1, 0.15) is 11.3 Å². The molecular weight excluding hydrogens is 280 g/mol. The molecule has 0 aromatic rings. The van der Waals surface area contributed by atoms with Crippen LogP contribution < -0.4 is 0 Å². The molecule has 3 aliphatic rings. The molecular formula is C18H24O4. The van der Waals surface area contributed by atoms with Crippen LogP contribution in [0.5, 0.6) is 0 Å². The van der Waals surface area contributed by atoms with E-state index in [1.807, 2.05) is 0 Å². The third-order valence-electron chi connectivity index (χ3n) is 6.38. The molecule has 3 aliphatic carbocycles. The molecule has 22 heavy (non-hydrogen) atoms. The van der Waals surface area contributed by atoms with Crippen LogP contribution >= 0.6 is 0 Å². The maximum Gasteiger partial charge on any atom is 0.183 e. The number of ketones is 3. The van der Waals surface area contributed by atoms with Gasteiger partial charge >= 0.3 is 0 Å². The summed E-state index contributed by atoms with van der Waals surface area (Å²) < 4.78 is 0. The molecule has 0 aliphatic heterocycles. The smallest absolute Gasteiger partial charge is 0.183 e. The van der Waals surface area contributed by atoms with Gasteiger partial charge in [0.2, 0.25) is 0 Å². The zero-order valence-electron chi connectivity index (χ0n) is 13.9. The van der Waals surface area contributed by atoms with Crippen molar-refractivity contribution in [1.29, 1.82) is 0 Å². The lowest BCUT2D eigenvalue weighted by molar-refractivity contribution is -0.144. The van der Waals surface area contributed by atoms with E-state index in [2.05, 4.69) is 13.8 Å². The van der Waals surface area contributed by atoms with Crippen LogP contribution in [0, 0.1) is 28.1 Å². The number of fused-ring (bicyclic) bond motifs is 1. The van der Waals surface area contributed by atoms with Crippen molar-refractivity contribution in [3.8, 4) is 0 Å². The first kappa shape index (κ1) is 15.4. The Bertz CT molecular complexity index is 639. The summed E-state index contributed by atoms with van der Waals surface area (Å²) in [7, 11) is 0. The highest BCUT2D eigenvalue weighted by molar-refractivity contribution is 6.32. The van der Waals surface area contributed by atoms with Gasteiger partial charge in [-0.3, -0.25) is 14.4 Å². The van der Waals surface area contributed by atoms with E-state index in [4.69, 9.17) is 0 Å². The van der Waals surface area contributed by atoms with Crippen molar-refractivity contribution in [3.05, 3.63) is 11.3 Å². The van der Waals surface area contributed by atoms with Gasteiger partial charge < -0.3 is 5.11 Å². The van der Waals surface area contributed by atoms with E-state index in [1.165, 1.54) is 0 Å². The van der Waals surface area contributed by atoms with E-state index >= 15 is 0 Å². The number of allylic oxidation sites excluding steroid dienone is 2. The quantitative estimate of drug-likeness (QED) is 0.629. The number of hydrogen-bond donors (Lipinski definition) is 1. The van der Waals surface area contributed by atoms with Crippen molar-refractivity contribution in [1.82, 2.24) is 0 Å². The van der Waals surface area contributed by atoms with Gasteiger partial charge in [-0.25, -0.2) is 0 Å². The van der Waals surface area contributed by atoms with Crippen molar-refractivity contribution >= 4 is 17.3 Å². The minimum atomic E-state index is -1.08. The third kappa shape index (κ3) is 1.46. The molecule has 0 amide bonds. The number of rotatable bonds is 2. The fourth-order valence-corrected chi connectivity index (χ4v) is 4.95. The van der Waals surface area contributed by atoms with Gasteiger partial charge in [0.05, 0.1) is 10.8 Å². The van der Waals surface area contributed by atoms with E-state index in [0.29, 0.717) is 12.8 Å². The first-order valence-electron chi connectivity index (χ1n) is 8.08. The fraction of sp³-hybridized carbons (Fsp3) is 0.722. The SMILES string of the molecule is CC(C)C(=O)C1=C(O)[C@]2(C)C[C@H]3C(C)(C)CCC3(C1=O)C2=O. The van der Waals surface area contributed by atoms with Gasteiger partial charge in [0, 0.05) is 5.92 Å². The summed E-state index contributed by atoms with van der Waals surface area (Å²) in [4.78, 5) is 38.6. The molecule has 0 saturated heterocycles. The molecule has 2 bridgehead atoms. The molecule has 4 heteroatoms. The summed E-state index contributed by atoms with van der Waals surface area (Å²) in [6.45, 7) is 9.28. The normalized spacial score (nSPS) is 39.6. The van der Waals surface area contributed by atoms with E-state index in [9.17, 15) is 19.5 Å². The molecule has 1 unspecified atom stereocenters. The summed E-state index contributed by atoms with van der Waals surface area (Å²) in [6.07, 6.45) is 1.76.